The number of hydrogen-bond donors (Lipinski definition) is 3. The lowest BCUT2D eigenvalue weighted by Crippen LogP contribution is -2.46. The first-order chi connectivity index (χ1) is 5.72. The van der Waals surface area contributed by atoms with Gasteiger partial charge in [-0.1, -0.05) is 0 Å². The molecule has 8 heteroatoms. The van der Waals surface area contributed by atoms with Crippen LogP contribution in [0.25, 0.3) is 0 Å². The van der Waals surface area contributed by atoms with Crippen molar-refractivity contribution < 1.29 is 33.0 Å². The molecule has 0 radical (unpaired) electrons. The number of aliphatic carboxylic acids is 2. The predicted molar refractivity (Wildman–Crippen MR) is 32.9 cm³/mol. The van der Waals surface area contributed by atoms with E-state index in [1.807, 2.05) is 0 Å². The Morgan fingerprint density at radius 2 is 1.77 bits per heavy atom. The molecule has 0 unspecified atom stereocenters. The molecule has 3 N–H and O–H groups in total. The number of carboxylic acids is 2. The van der Waals surface area contributed by atoms with Crippen molar-refractivity contribution >= 4 is 11.9 Å². The highest BCUT2D eigenvalue weighted by Crippen LogP contribution is 2.12. The molecular weight excluding hydrogens is 195 g/mol. The van der Waals surface area contributed by atoms with Gasteiger partial charge in [0.25, 0.3) is 0 Å². The van der Waals surface area contributed by atoms with E-state index in [0.29, 0.717) is 5.32 Å². The van der Waals surface area contributed by atoms with Crippen LogP contribution in [0.15, 0.2) is 0 Å². The molecule has 1 atom stereocenters. The molecule has 0 spiro atoms. The second-order valence-corrected chi connectivity index (χ2v) is 2.13. The summed E-state index contributed by atoms with van der Waals surface area (Å²) in [6, 6.07) is -2.16. The molecule has 76 valence electrons. The zero-order valence-electron chi connectivity index (χ0n) is 6.13. The van der Waals surface area contributed by atoms with Gasteiger partial charge in [0.15, 0.2) is 0 Å². The minimum Gasteiger partial charge on any atom is -0.481 e. The van der Waals surface area contributed by atoms with Crippen molar-refractivity contribution in [2.24, 2.45) is 0 Å². The summed E-state index contributed by atoms with van der Waals surface area (Å²) in [6.45, 7) is 0. The summed E-state index contributed by atoms with van der Waals surface area (Å²) in [4.78, 5) is 20.0. The van der Waals surface area contributed by atoms with Crippen LogP contribution in [-0.2, 0) is 9.59 Å². The summed E-state index contributed by atoms with van der Waals surface area (Å²) in [7, 11) is 0. The molecule has 0 heterocycles. The molecule has 0 aliphatic rings. The molecule has 0 rings (SSSR count). The molecule has 0 aromatic heterocycles. The molecule has 0 bridgehead atoms. The smallest absolute Gasteiger partial charge is 0.458 e. The summed E-state index contributed by atoms with van der Waals surface area (Å²) in [6.07, 6.45) is -6.03. The van der Waals surface area contributed by atoms with Gasteiger partial charge in [-0.05, 0) is 0 Å². The molecule has 0 fully saturated rings. The second kappa shape index (κ2) is 4.08. The van der Waals surface area contributed by atoms with Gasteiger partial charge in [0.1, 0.15) is 6.04 Å². The number of rotatable bonds is 4. The number of alkyl halides is 3. The minimum atomic E-state index is -4.90. The van der Waals surface area contributed by atoms with E-state index in [0.717, 1.165) is 0 Å². The van der Waals surface area contributed by atoms with E-state index >= 15 is 0 Å². The monoisotopic (exact) mass is 201 g/mol. The highest BCUT2D eigenvalue weighted by atomic mass is 19.4. The van der Waals surface area contributed by atoms with Gasteiger partial charge >= 0.3 is 18.2 Å². The first-order valence-corrected chi connectivity index (χ1v) is 3.01. The quantitative estimate of drug-likeness (QED) is 0.558. The third-order valence-corrected chi connectivity index (χ3v) is 1.01. The van der Waals surface area contributed by atoms with Crippen LogP contribution in [0.3, 0.4) is 0 Å². The van der Waals surface area contributed by atoms with E-state index in [1.165, 1.54) is 0 Å². The molecule has 0 saturated heterocycles. The molecule has 0 aromatic carbocycles. The van der Waals surface area contributed by atoms with Gasteiger partial charge in [0, 0.05) is 0 Å². The van der Waals surface area contributed by atoms with Crippen LogP contribution in [0.4, 0.5) is 13.2 Å². The number of halogens is 3. The molecule has 0 amide bonds. The lowest BCUT2D eigenvalue weighted by molar-refractivity contribution is -0.176. The molecule has 0 aliphatic heterocycles. The van der Waals surface area contributed by atoms with E-state index in [1.54, 1.807) is 0 Å². The van der Waals surface area contributed by atoms with Gasteiger partial charge in [-0.25, -0.2) is 5.32 Å². The second-order valence-electron chi connectivity index (χ2n) is 2.13. The molecule has 5 nitrogen and oxygen atoms in total. The Hall–Kier alpha value is -1.31. The van der Waals surface area contributed by atoms with Crippen LogP contribution < -0.4 is 5.32 Å². The maximum Gasteiger partial charge on any atom is 0.458 e. The summed E-state index contributed by atoms with van der Waals surface area (Å²) in [5.41, 5.74) is 0. The lowest BCUT2D eigenvalue weighted by Gasteiger charge is -2.14. The van der Waals surface area contributed by atoms with E-state index in [9.17, 15) is 22.8 Å². The van der Waals surface area contributed by atoms with Crippen molar-refractivity contribution in [2.75, 3.05) is 0 Å². The molecular formula is C5H6F3NO4. The summed E-state index contributed by atoms with van der Waals surface area (Å²) < 4.78 is 34.6. The van der Waals surface area contributed by atoms with Crippen molar-refractivity contribution in [1.82, 2.24) is 5.32 Å². The Morgan fingerprint density at radius 3 is 2.00 bits per heavy atom. The van der Waals surface area contributed by atoms with Gasteiger partial charge < -0.3 is 10.2 Å². The van der Waals surface area contributed by atoms with Gasteiger partial charge in [-0.2, -0.15) is 13.2 Å². The first-order valence-electron chi connectivity index (χ1n) is 3.01. The fraction of sp³-hybridized carbons (Fsp3) is 0.600. The van der Waals surface area contributed by atoms with Crippen molar-refractivity contribution in [2.45, 2.75) is 18.8 Å². The third kappa shape index (κ3) is 5.91. The Balaban J connectivity index is 4.27. The van der Waals surface area contributed by atoms with Gasteiger partial charge in [-0.3, -0.25) is 9.59 Å². The van der Waals surface area contributed by atoms with Crippen LogP contribution in [0.5, 0.6) is 0 Å². The van der Waals surface area contributed by atoms with Crippen LogP contribution in [0.2, 0.25) is 0 Å². The standard InChI is InChI=1S/C5H6F3NO4/c6-5(7,8)9-2(4(12)13)1-3(10)11/h2,9H,1H2,(H,10,11)(H,12,13)/t2-/m0/s1. The van der Waals surface area contributed by atoms with Gasteiger partial charge in [0.05, 0.1) is 6.42 Å². The molecule has 0 aromatic rings. The largest absolute Gasteiger partial charge is 0.481 e. The highest BCUT2D eigenvalue weighted by molar-refractivity contribution is 5.80. The Morgan fingerprint density at radius 1 is 1.31 bits per heavy atom. The van der Waals surface area contributed by atoms with Crippen LogP contribution in [-0.4, -0.2) is 34.5 Å². The molecule has 0 aliphatic carbocycles. The van der Waals surface area contributed by atoms with Gasteiger partial charge in [0.2, 0.25) is 0 Å². The fourth-order valence-electron chi connectivity index (χ4n) is 0.572. The molecule has 0 saturated carbocycles. The fourth-order valence-corrected chi connectivity index (χ4v) is 0.572. The predicted octanol–water partition coefficient (Wildman–Crippen LogP) is 0.0237. The number of nitrogens with one attached hydrogen (secondary N) is 1. The normalized spacial score (nSPS) is 13.8. The van der Waals surface area contributed by atoms with E-state index in [-0.39, 0.29) is 0 Å². The zero-order valence-corrected chi connectivity index (χ0v) is 6.13. The Labute approximate surface area is 70.2 Å². The lowest BCUT2D eigenvalue weighted by atomic mass is 10.2. The van der Waals surface area contributed by atoms with Gasteiger partial charge in [-0.15, -0.1) is 0 Å². The topological polar surface area (TPSA) is 86.6 Å². The third-order valence-electron chi connectivity index (χ3n) is 1.01. The van der Waals surface area contributed by atoms with E-state index in [4.69, 9.17) is 10.2 Å². The maximum absolute atomic E-state index is 11.5. The average Bonchev–Trinajstić information content (AvgIpc) is 1.81. The summed E-state index contributed by atoms with van der Waals surface area (Å²) >= 11 is 0. The van der Waals surface area contributed by atoms with Crippen molar-refractivity contribution in [3.63, 3.8) is 0 Å². The maximum atomic E-state index is 11.5. The zero-order chi connectivity index (χ0) is 10.6. The SMILES string of the molecule is O=C(O)C[C@H](NC(F)(F)F)C(=O)O. The number of hydrogen-bond acceptors (Lipinski definition) is 3. The van der Waals surface area contributed by atoms with Crippen LogP contribution >= 0.6 is 0 Å². The Bertz CT molecular complexity index is 214. The van der Waals surface area contributed by atoms with E-state index < -0.39 is 30.7 Å². The first kappa shape index (κ1) is 11.7. The summed E-state index contributed by atoms with van der Waals surface area (Å²) in [5, 5.41) is 16.9. The van der Waals surface area contributed by atoms with Crippen LogP contribution in [0.1, 0.15) is 6.42 Å². The van der Waals surface area contributed by atoms with Crippen molar-refractivity contribution in [1.29, 1.82) is 0 Å². The number of carbonyl (C=O) groups is 2. The average molecular weight is 201 g/mol. The van der Waals surface area contributed by atoms with Crippen molar-refractivity contribution in [3.8, 4) is 0 Å². The highest BCUT2D eigenvalue weighted by Gasteiger charge is 2.35. The minimum absolute atomic E-state index is 0.707. The number of carboxylic acid groups (broad SMARTS) is 2. The Kier molecular flexibility index (Phi) is 3.67. The van der Waals surface area contributed by atoms with Crippen LogP contribution in [0, 0.1) is 0 Å². The van der Waals surface area contributed by atoms with Crippen molar-refractivity contribution in [3.05, 3.63) is 0 Å². The summed E-state index contributed by atoms with van der Waals surface area (Å²) in [5.74, 6) is -3.48. The molecule has 13 heavy (non-hydrogen) atoms. The van der Waals surface area contributed by atoms with E-state index in [2.05, 4.69) is 0 Å².